The molecule has 0 bridgehead atoms. The van der Waals surface area contributed by atoms with E-state index in [1.54, 1.807) is 6.26 Å². The maximum atomic E-state index is 5.61. The molecule has 2 rings (SSSR count). The zero-order chi connectivity index (χ0) is 16.5. The third-order valence-corrected chi connectivity index (χ3v) is 2.58. The Kier molecular flexibility index (Phi) is 14.4. The molecule has 0 amide bonds. The summed E-state index contributed by atoms with van der Waals surface area (Å²) in [5, 5.41) is 3.88. The summed E-state index contributed by atoms with van der Waals surface area (Å²) in [6.45, 7) is 9.03. The molecule has 0 aliphatic rings. The second-order valence-corrected chi connectivity index (χ2v) is 4.67. The van der Waals surface area contributed by atoms with Gasteiger partial charge in [-0.15, -0.1) is 0 Å². The van der Waals surface area contributed by atoms with Crippen LogP contribution in [0.25, 0.3) is 0 Å². The van der Waals surface area contributed by atoms with Crippen LogP contribution in [0.2, 0.25) is 0 Å². The summed E-state index contributed by atoms with van der Waals surface area (Å²) in [6.07, 6.45) is 7.22. The average Bonchev–Trinajstić information content (AvgIpc) is 3.08. The number of aryl methyl sites for hydroxylation is 1. The zero-order valence-electron chi connectivity index (χ0n) is 14.5. The number of benzene rings is 1. The molecule has 3 nitrogen and oxygen atoms in total. The molecule has 1 aromatic carbocycles. The lowest BCUT2D eigenvalue weighted by molar-refractivity contribution is 0.305. The second-order valence-electron chi connectivity index (χ2n) is 4.67. The highest BCUT2D eigenvalue weighted by atomic mass is 16.5. The highest BCUT2D eigenvalue weighted by molar-refractivity contribution is 5.20. The number of hydrogen-bond acceptors (Lipinski definition) is 3. The lowest BCUT2D eigenvalue weighted by Crippen LogP contribution is -1.97. The first-order valence-electron chi connectivity index (χ1n) is 8.44. The lowest BCUT2D eigenvalue weighted by atomic mass is 10.1. The number of para-hydroxylation sites is 1. The molecule has 2 aromatic rings. The van der Waals surface area contributed by atoms with E-state index in [0.29, 0.717) is 0 Å². The zero-order valence-corrected chi connectivity index (χ0v) is 14.5. The molecule has 0 saturated heterocycles. The predicted octanol–water partition coefficient (Wildman–Crippen LogP) is 5.91. The average molecular weight is 305 g/mol. The van der Waals surface area contributed by atoms with Crippen molar-refractivity contribution in [2.75, 3.05) is 6.61 Å². The van der Waals surface area contributed by atoms with E-state index in [4.69, 9.17) is 9.26 Å². The minimum absolute atomic E-state index is 0.781. The Balaban J connectivity index is 0.000000789. The topological polar surface area (TPSA) is 35.3 Å². The van der Waals surface area contributed by atoms with Crippen LogP contribution in [0, 0.1) is 0 Å². The third-order valence-electron chi connectivity index (χ3n) is 2.58. The predicted molar refractivity (Wildman–Crippen MR) is 93.3 cm³/mol. The van der Waals surface area contributed by atoms with Crippen molar-refractivity contribution in [2.45, 2.75) is 59.8 Å². The van der Waals surface area contributed by atoms with Crippen molar-refractivity contribution >= 4 is 0 Å². The van der Waals surface area contributed by atoms with Crippen LogP contribution in [0.4, 0.5) is 0 Å². The van der Waals surface area contributed by atoms with Crippen LogP contribution >= 0.6 is 0 Å². The van der Waals surface area contributed by atoms with E-state index in [0.717, 1.165) is 43.7 Å². The number of aromatic nitrogens is 1. The van der Waals surface area contributed by atoms with Gasteiger partial charge in [-0.2, -0.15) is 0 Å². The molecule has 1 aromatic heterocycles. The van der Waals surface area contributed by atoms with Gasteiger partial charge in [-0.1, -0.05) is 57.5 Å². The summed E-state index contributed by atoms with van der Waals surface area (Å²) in [5.41, 5.74) is 1.04. The molecule has 1 heterocycles. The minimum Gasteiger partial charge on any atom is -0.494 e. The van der Waals surface area contributed by atoms with Crippen molar-refractivity contribution in [1.82, 2.24) is 5.16 Å². The Morgan fingerprint density at radius 3 is 2.23 bits per heavy atom. The highest BCUT2D eigenvalue weighted by Crippen LogP contribution is 2.10. The van der Waals surface area contributed by atoms with Crippen molar-refractivity contribution in [1.29, 1.82) is 0 Å². The van der Waals surface area contributed by atoms with Gasteiger partial charge in [-0.25, -0.2) is 0 Å². The van der Waals surface area contributed by atoms with E-state index >= 15 is 0 Å². The fourth-order valence-electron chi connectivity index (χ4n) is 1.66. The van der Waals surface area contributed by atoms with Crippen LogP contribution < -0.4 is 4.74 Å². The summed E-state index contributed by atoms with van der Waals surface area (Å²) >= 11 is 0. The molecular weight excluding hydrogens is 274 g/mol. The number of hydrogen-bond donors (Lipinski definition) is 0. The molecule has 0 fully saturated rings. The molecular formula is C19H31NO2. The van der Waals surface area contributed by atoms with Crippen LogP contribution in [-0.4, -0.2) is 11.8 Å². The first-order valence-corrected chi connectivity index (χ1v) is 8.44. The summed E-state index contributed by atoms with van der Waals surface area (Å²) in [5.74, 6) is 0.948. The number of ether oxygens (including phenoxy) is 1. The van der Waals surface area contributed by atoms with Crippen molar-refractivity contribution in [3.8, 4) is 5.75 Å². The molecule has 0 atom stereocenters. The van der Waals surface area contributed by atoms with E-state index < -0.39 is 0 Å². The maximum absolute atomic E-state index is 5.61. The molecule has 3 heteroatoms. The van der Waals surface area contributed by atoms with Gasteiger partial charge in [0.05, 0.1) is 12.3 Å². The van der Waals surface area contributed by atoms with Gasteiger partial charge in [0.25, 0.3) is 0 Å². The Labute approximate surface area is 135 Å². The van der Waals surface area contributed by atoms with E-state index in [-0.39, 0.29) is 0 Å². The summed E-state index contributed by atoms with van der Waals surface area (Å²) in [6, 6.07) is 11.8. The van der Waals surface area contributed by atoms with Crippen molar-refractivity contribution in [3.63, 3.8) is 0 Å². The molecule has 0 N–H and O–H groups in total. The van der Waals surface area contributed by atoms with E-state index in [2.05, 4.69) is 19.0 Å². The SMILES string of the molecule is CC.CCC.c1ccc(OCCCCCc2ccon2)cc1. The van der Waals surface area contributed by atoms with E-state index in [9.17, 15) is 0 Å². The molecule has 0 saturated carbocycles. The normalized spacial score (nSPS) is 9.09. The lowest BCUT2D eigenvalue weighted by Gasteiger charge is -2.04. The van der Waals surface area contributed by atoms with Crippen molar-refractivity contribution in [3.05, 3.63) is 48.4 Å². The summed E-state index contributed by atoms with van der Waals surface area (Å²) < 4.78 is 10.4. The quantitative estimate of drug-likeness (QED) is 0.596. The van der Waals surface area contributed by atoms with Crippen LogP contribution in [0.5, 0.6) is 5.75 Å². The van der Waals surface area contributed by atoms with Gasteiger partial charge >= 0.3 is 0 Å². The van der Waals surface area contributed by atoms with Crippen LogP contribution in [-0.2, 0) is 6.42 Å². The molecule has 22 heavy (non-hydrogen) atoms. The van der Waals surface area contributed by atoms with Crippen LogP contribution in [0.3, 0.4) is 0 Å². The van der Waals surface area contributed by atoms with Gasteiger partial charge in [0.15, 0.2) is 0 Å². The number of unbranched alkanes of at least 4 members (excludes halogenated alkanes) is 2. The smallest absolute Gasteiger partial charge is 0.124 e. The first-order chi connectivity index (χ1) is 10.9. The number of rotatable bonds is 7. The second kappa shape index (κ2) is 15.6. The Morgan fingerprint density at radius 2 is 1.64 bits per heavy atom. The van der Waals surface area contributed by atoms with Gasteiger partial charge in [-0.05, 0) is 37.8 Å². The standard InChI is InChI=1S/C14H17NO2.C3H8.C2H6/c1-4-8-14(9-5-1)16-11-6-2-3-7-13-10-12-17-15-13;1-3-2;1-2/h1,4-5,8-10,12H,2-3,6-7,11H2;3H2,1-2H3;1-2H3. The monoisotopic (exact) mass is 305 g/mol. The van der Waals surface area contributed by atoms with Crippen LogP contribution in [0.15, 0.2) is 47.2 Å². The van der Waals surface area contributed by atoms with Gasteiger partial charge in [0, 0.05) is 6.07 Å². The molecule has 124 valence electrons. The first kappa shape index (κ1) is 20.2. The van der Waals surface area contributed by atoms with Gasteiger partial charge in [-0.3, -0.25) is 0 Å². The third kappa shape index (κ3) is 11.0. The largest absolute Gasteiger partial charge is 0.494 e. The summed E-state index contributed by atoms with van der Waals surface area (Å²) in [7, 11) is 0. The maximum Gasteiger partial charge on any atom is 0.124 e. The number of nitrogens with zero attached hydrogens (tertiary/aromatic N) is 1. The van der Waals surface area contributed by atoms with Crippen molar-refractivity contribution < 1.29 is 9.26 Å². The van der Waals surface area contributed by atoms with Crippen molar-refractivity contribution in [2.24, 2.45) is 0 Å². The fourth-order valence-corrected chi connectivity index (χ4v) is 1.66. The fraction of sp³-hybridized carbons (Fsp3) is 0.526. The van der Waals surface area contributed by atoms with E-state index in [1.165, 1.54) is 6.42 Å². The highest BCUT2D eigenvalue weighted by Gasteiger charge is 1.97. The molecule has 0 aliphatic heterocycles. The molecule has 0 radical (unpaired) electrons. The summed E-state index contributed by atoms with van der Waals surface area (Å²) in [4.78, 5) is 0. The molecule has 0 unspecified atom stereocenters. The van der Waals surface area contributed by atoms with Gasteiger partial charge < -0.3 is 9.26 Å². The van der Waals surface area contributed by atoms with Gasteiger partial charge in [0.2, 0.25) is 0 Å². The Bertz CT molecular complexity index is 412. The minimum atomic E-state index is 0.781. The van der Waals surface area contributed by atoms with E-state index in [1.807, 2.05) is 50.2 Å². The Morgan fingerprint density at radius 1 is 0.955 bits per heavy atom. The Hall–Kier alpha value is -1.77. The van der Waals surface area contributed by atoms with Gasteiger partial charge in [0.1, 0.15) is 12.0 Å². The van der Waals surface area contributed by atoms with Crippen LogP contribution in [0.1, 0.15) is 59.1 Å². The molecule has 0 aliphatic carbocycles. The molecule has 0 spiro atoms.